The van der Waals surface area contributed by atoms with E-state index in [0.29, 0.717) is 22.1 Å². The van der Waals surface area contributed by atoms with Gasteiger partial charge in [0.25, 0.3) is 0 Å². The highest BCUT2D eigenvalue weighted by Gasteiger charge is 2.48. The summed E-state index contributed by atoms with van der Waals surface area (Å²) in [6.45, 7) is 51.1. The maximum absolute atomic E-state index is 5.58. The van der Waals surface area contributed by atoms with Crippen molar-refractivity contribution in [3.05, 3.63) is 41.1 Å². The van der Waals surface area contributed by atoms with Crippen LogP contribution in [-0.2, 0) is 0 Å². The van der Waals surface area contributed by atoms with E-state index in [4.69, 9.17) is 4.42 Å². The van der Waals surface area contributed by atoms with Crippen molar-refractivity contribution >= 4 is 24.6 Å². The molecule has 2 saturated heterocycles. The van der Waals surface area contributed by atoms with Gasteiger partial charge in [-0.2, -0.15) is 0 Å². The average Bonchev–Trinajstić information content (AvgIpc) is 3.31. The number of hydrogen-bond acceptors (Lipinski definition) is 6. The second kappa shape index (κ2) is 22.9. The lowest BCUT2D eigenvalue weighted by atomic mass is 9.60. The minimum absolute atomic E-state index is 0.169. The second-order valence-electron chi connectivity index (χ2n) is 13.3. The number of nitrogens with one attached hydrogen (secondary N) is 1. The lowest BCUT2D eigenvalue weighted by Crippen LogP contribution is -2.65. The van der Waals surface area contributed by atoms with E-state index in [1.807, 2.05) is 74.5 Å². The van der Waals surface area contributed by atoms with Gasteiger partial charge in [-0.25, -0.2) is 9.29 Å². The summed E-state index contributed by atoms with van der Waals surface area (Å²) in [5.41, 5.74) is 2.83. The Morgan fingerprint density at radius 1 is 0.844 bits per heavy atom. The summed E-state index contributed by atoms with van der Waals surface area (Å²) < 4.78 is 7.95. The van der Waals surface area contributed by atoms with E-state index < -0.39 is 0 Å². The molecular weight excluding hydrogens is 573 g/mol. The summed E-state index contributed by atoms with van der Waals surface area (Å²) >= 11 is 1.80. The highest BCUT2D eigenvalue weighted by Crippen LogP contribution is 2.47. The predicted molar refractivity (Wildman–Crippen MR) is 208 cm³/mol. The number of piperazine rings is 1. The lowest BCUT2D eigenvalue weighted by molar-refractivity contribution is -0.00195. The van der Waals surface area contributed by atoms with Gasteiger partial charge in [-0.3, -0.25) is 0 Å². The Kier molecular flexibility index (Phi) is 24.4. The molecule has 0 saturated carbocycles. The van der Waals surface area contributed by atoms with E-state index in [0.717, 1.165) is 43.2 Å². The van der Waals surface area contributed by atoms with E-state index in [-0.39, 0.29) is 11.1 Å². The SMILES string of the molecule is C=C/C=C(\C=c1\oc(C)nc1=C)N1CCN(SC)CC1.CC.CC.CC.CC.CC1CC(C)(C)C(C)(C)NC(C)(C)C(C)(C)C1. The van der Waals surface area contributed by atoms with Crippen LogP contribution in [0.25, 0.3) is 12.7 Å². The number of rotatable bonds is 4. The summed E-state index contributed by atoms with van der Waals surface area (Å²) in [6.07, 6.45) is 10.5. The molecule has 1 aromatic heterocycles. The van der Waals surface area contributed by atoms with Crippen LogP contribution in [0.2, 0.25) is 0 Å². The first-order valence-corrected chi connectivity index (χ1v) is 18.9. The number of oxazole rings is 1. The largest absolute Gasteiger partial charge is 0.441 e. The highest BCUT2D eigenvalue weighted by atomic mass is 32.2. The van der Waals surface area contributed by atoms with E-state index in [1.54, 1.807) is 18.0 Å². The zero-order valence-corrected chi connectivity index (χ0v) is 34.4. The molecule has 1 N–H and O–H groups in total. The third kappa shape index (κ3) is 15.3. The van der Waals surface area contributed by atoms with Crippen molar-refractivity contribution in [2.75, 3.05) is 32.4 Å². The lowest BCUT2D eigenvalue weighted by Gasteiger charge is -2.56. The van der Waals surface area contributed by atoms with Gasteiger partial charge in [-0.15, -0.1) is 0 Å². The molecular formula is C39H78N4OS. The topological polar surface area (TPSA) is 44.5 Å². The molecule has 3 rings (SSSR count). The number of hydrogen-bond donors (Lipinski definition) is 1. The minimum Gasteiger partial charge on any atom is -0.441 e. The molecule has 0 bridgehead atoms. The first kappa shape index (κ1) is 47.9. The number of aromatic nitrogens is 1. The monoisotopic (exact) mass is 651 g/mol. The number of allylic oxidation sites excluding steroid dienone is 3. The first-order chi connectivity index (χ1) is 20.9. The molecule has 266 valence electrons. The predicted octanol–water partition coefficient (Wildman–Crippen LogP) is 9.86. The Morgan fingerprint density at radius 2 is 1.27 bits per heavy atom. The normalized spacial score (nSPS) is 20.7. The molecule has 0 radical (unpaired) electrons. The Hall–Kier alpha value is -1.50. The molecule has 45 heavy (non-hydrogen) atoms. The molecule has 0 aliphatic carbocycles. The van der Waals surface area contributed by atoms with Gasteiger partial charge in [-0.05, 0) is 69.6 Å². The van der Waals surface area contributed by atoms with Gasteiger partial charge in [0.1, 0.15) is 5.35 Å². The van der Waals surface area contributed by atoms with Crippen LogP contribution in [0.5, 0.6) is 0 Å². The van der Waals surface area contributed by atoms with Gasteiger partial charge < -0.3 is 14.6 Å². The van der Waals surface area contributed by atoms with Crippen LogP contribution in [0.1, 0.15) is 136 Å². The van der Waals surface area contributed by atoms with Crippen molar-refractivity contribution in [1.29, 1.82) is 0 Å². The van der Waals surface area contributed by atoms with E-state index in [2.05, 4.69) is 101 Å². The number of nitrogens with zero attached hydrogens (tertiary/aromatic N) is 3. The van der Waals surface area contributed by atoms with Gasteiger partial charge in [0.15, 0.2) is 11.3 Å². The zero-order valence-electron chi connectivity index (χ0n) is 33.6. The molecule has 0 amide bonds. The van der Waals surface area contributed by atoms with Crippen LogP contribution >= 0.6 is 11.9 Å². The third-order valence-electron chi connectivity index (χ3n) is 8.99. The summed E-state index contributed by atoms with van der Waals surface area (Å²) in [5.74, 6) is 1.44. The molecule has 2 aliphatic heterocycles. The highest BCUT2D eigenvalue weighted by molar-refractivity contribution is 7.96. The van der Waals surface area contributed by atoms with Crippen molar-refractivity contribution in [1.82, 2.24) is 19.5 Å². The maximum Gasteiger partial charge on any atom is 0.192 e. The molecule has 1 aromatic rings. The van der Waals surface area contributed by atoms with Crippen molar-refractivity contribution in [3.63, 3.8) is 0 Å². The van der Waals surface area contributed by atoms with Crippen LogP contribution in [0.4, 0.5) is 0 Å². The van der Waals surface area contributed by atoms with Crippen LogP contribution in [0.3, 0.4) is 0 Å². The van der Waals surface area contributed by atoms with Crippen molar-refractivity contribution in [3.8, 4) is 0 Å². The average molecular weight is 651 g/mol. The van der Waals surface area contributed by atoms with Crippen LogP contribution < -0.4 is 16.1 Å². The second-order valence-corrected chi connectivity index (χ2v) is 14.2. The maximum atomic E-state index is 5.58. The Balaban J connectivity index is -0.000000647. The van der Waals surface area contributed by atoms with Crippen molar-refractivity contribution in [2.45, 2.75) is 149 Å². The first-order valence-electron chi connectivity index (χ1n) is 17.7. The van der Waals surface area contributed by atoms with E-state index >= 15 is 0 Å². The fourth-order valence-electron chi connectivity index (χ4n) is 5.67. The molecule has 3 heterocycles. The Morgan fingerprint density at radius 3 is 1.60 bits per heavy atom. The third-order valence-corrected chi connectivity index (χ3v) is 9.87. The molecule has 5 nitrogen and oxygen atoms in total. The molecule has 0 aromatic carbocycles. The van der Waals surface area contributed by atoms with Gasteiger partial charge >= 0.3 is 0 Å². The van der Waals surface area contributed by atoms with Gasteiger partial charge in [0, 0.05) is 56.0 Å². The van der Waals surface area contributed by atoms with Gasteiger partial charge in [0.05, 0.1) is 0 Å². The number of aryl methyl sites for hydroxylation is 1. The van der Waals surface area contributed by atoms with Gasteiger partial charge in [-0.1, -0.05) is 121 Å². The summed E-state index contributed by atoms with van der Waals surface area (Å²) in [6, 6.07) is 0. The van der Waals surface area contributed by atoms with Crippen molar-refractivity contribution in [2.24, 2.45) is 16.7 Å². The molecule has 0 unspecified atom stereocenters. The van der Waals surface area contributed by atoms with Gasteiger partial charge in [0.2, 0.25) is 0 Å². The Labute approximate surface area is 286 Å². The standard InChI is InChI=1S/C16H33N.C15H21N3OS.4C2H6/c1-12-10-13(2,3)15(6,7)17-16(8,9)14(4,5)11-12;1-5-6-14(11-15-12(2)16-13(3)19-15)17-7-9-18(20-4)10-8-17;4*1-2/h12,17H,10-11H2,1-9H3;5-6,11H,1-2,7-10H2,3-4H3;4*1-2H3/b;14-6+,15-11+;;;;. The fraction of sp³-hybridized carbons (Fsp3) is 0.769. The smallest absolute Gasteiger partial charge is 0.192 e. The molecule has 0 spiro atoms. The summed E-state index contributed by atoms with van der Waals surface area (Å²) in [4.78, 5) is 6.54. The molecule has 2 aliphatic rings. The van der Waals surface area contributed by atoms with Crippen LogP contribution in [0.15, 0.2) is 28.8 Å². The van der Waals surface area contributed by atoms with E-state index in [9.17, 15) is 0 Å². The summed E-state index contributed by atoms with van der Waals surface area (Å²) in [7, 11) is 0. The van der Waals surface area contributed by atoms with E-state index in [1.165, 1.54) is 12.8 Å². The van der Waals surface area contributed by atoms with Crippen LogP contribution in [0, 0.1) is 23.7 Å². The molecule has 6 heteroatoms. The molecule has 0 atom stereocenters. The fourth-order valence-corrected chi connectivity index (χ4v) is 6.20. The molecule has 2 fully saturated rings. The zero-order chi connectivity index (χ0) is 36.2. The Bertz CT molecular complexity index is 1020. The summed E-state index contributed by atoms with van der Waals surface area (Å²) in [5, 5.41) is 4.62. The quantitative estimate of drug-likeness (QED) is 0.259. The van der Waals surface area contributed by atoms with Crippen LogP contribution in [-0.4, -0.2) is 57.7 Å². The van der Waals surface area contributed by atoms with Crippen molar-refractivity contribution < 1.29 is 4.42 Å². The minimum atomic E-state index is 0.169.